The van der Waals surface area contributed by atoms with Crippen LogP contribution >= 0.6 is 0 Å². The molecule has 0 saturated carbocycles. The number of rotatable bonds is 6. The first-order valence-electron chi connectivity index (χ1n) is 7.24. The predicted molar refractivity (Wildman–Crippen MR) is 84.6 cm³/mol. The second-order valence-corrected chi connectivity index (χ2v) is 6.24. The van der Waals surface area contributed by atoms with E-state index in [1.165, 1.54) is 12.5 Å². The topological polar surface area (TPSA) is 72.5 Å². The number of Topliss-reactive ketones (excluding diaryl/α,β-unsaturated/α-hetero) is 1. The van der Waals surface area contributed by atoms with Gasteiger partial charge in [0, 0.05) is 12.1 Å². The maximum absolute atomic E-state index is 11.7. The van der Waals surface area contributed by atoms with E-state index in [9.17, 15) is 14.4 Å². The van der Waals surface area contributed by atoms with Crippen molar-refractivity contribution in [1.82, 2.24) is 0 Å². The molecule has 0 unspecified atom stereocenters. The van der Waals surface area contributed by atoms with Crippen molar-refractivity contribution in [3.05, 3.63) is 29.8 Å². The summed E-state index contributed by atoms with van der Waals surface area (Å²) >= 11 is 0. The minimum absolute atomic E-state index is 0.00287. The Kier molecular flexibility index (Phi) is 6.28. The normalized spacial score (nSPS) is 10.9. The van der Waals surface area contributed by atoms with Gasteiger partial charge in [-0.3, -0.25) is 9.59 Å². The highest BCUT2D eigenvalue weighted by Crippen LogP contribution is 2.23. The third kappa shape index (κ3) is 6.52. The van der Waals surface area contributed by atoms with Gasteiger partial charge in [-0.1, -0.05) is 32.9 Å². The van der Waals surface area contributed by atoms with Crippen LogP contribution in [0, 0.1) is 0 Å². The van der Waals surface area contributed by atoms with Gasteiger partial charge >= 0.3 is 5.97 Å². The molecule has 0 saturated heterocycles. The van der Waals surface area contributed by atoms with Crippen LogP contribution in [0.25, 0.3) is 0 Å². The van der Waals surface area contributed by atoms with Gasteiger partial charge in [-0.25, -0.2) is 0 Å². The summed E-state index contributed by atoms with van der Waals surface area (Å²) in [4.78, 5) is 33.7. The van der Waals surface area contributed by atoms with Crippen LogP contribution < -0.4 is 5.32 Å². The molecule has 0 aliphatic heterocycles. The molecule has 120 valence electrons. The summed E-state index contributed by atoms with van der Waals surface area (Å²) < 4.78 is 4.80. The monoisotopic (exact) mass is 305 g/mol. The minimum atomic E-state index is -0.548. The van der Waals surface area contributed by atoms with Crippen molar-refractivity contribution in [1.29, 1.82) is 0 Å². The number of carbonyl (C=O) groups excluding carboxylic acids is 3. The van der Waals surface area contributed by atoms with Gasteiger partial charge in [0.05, 0.1) is 6.42 Å². The Hall–Kier alpha value is -2.17. The van der Waals surface area contributed by atoms with E-state index in [0.29, 0.717) is 5.69 Å². The van der Waals surface area contributed by atoms with Crippen LogP contribution in [0.3, 0.4) is 0 Å². The average Bonchev–Trinajstić information content (AvgIpc) is 2.42. The fourth-order valence-electron chi connectivity index (χ4n) is 1.75. The van der Waals surface area contributed by atoms with Crippen LogP contribution in [0.15, 0.2) is 24.3 Å². The Morgan fingerprint density at radius 1 is 1.05 bits per heavy atom. The zero-order valence-corrected chi connectivity index (χ0v) is 13.6. The molecule has 22 heavy (non-hydrogen) atoms. The van der Waals surface area contributed by atoms with Crippen molar-refractivity contribution in [2.24, 2.45) is 0 Å². The fourth-order valence-corrected chi connectivity index (χ4v) is 1.75. The second kappa shape index (κ2) is 7.73. The van der Waals surface area contributed by atoms with Crippen molar-refractivity contribution < 1.29 is 19.1 Å². The Morgan fingerprint density at radius 2 is 1.64 bits per heavy atom. The third-order valence-electron chi connectivity index (χ3n) is 3.08. The predicted octanol–water partition coefficient (Wildman–Crippen LogP) is 2.84. The van der Waals surface area contributed by atoms with Gasteiger partial charge in [0.1, 0.15) is 5.78 Å². The van der Waals surface area contributed by atoms with Crippen LogP contribution in [0.5, 0.6) is 0 Å². The Morgan fingerprint density at radius 3 is 2.14 bits per heavy atom. The van der Waals surface area contributed by atoms with E-state index >= 15 is 0 Å². The molecule has 0 aliphatic rings. The highest BCUT2D eigenvalue weighted by molar-refractivity contribution is 5.93. The number of hydrogen-bond acceptors (Lipinski definition) is 4. The zero-order valence-electron chi connectivity index (χ0n) is 13.6. The first-order valence-corrected chi connectivity index (χ1v) is 7.24. The number of anilines is 1. The van der Waals surface area contributed by atoms with Crippen molar-refractivity contribution in [3.8, 4) is 0 Å². The molecule has 1 rings (SSSR count). The summed E-state index contributed by atoms with van der Waals surface area (Å²) in [5.74, 6) is -1.03. The number of nitrogens with one attached hydrogen (secondary N) is 1. The maximum atomic E-state index is 11.7. The average molecular weight is 305 g/mol. The van der Waals surface area contributed by atoms with Gasteiger partial charge in [0.2, 0.25) is 0 Å². The zero-order chi connectivity index (χ0) is 16.8. The van der Waals surface area contributed by atoms with Crippen LogP contribution in [0.4, 0.5) is 5.69 Å². The van der Waals surface area contributed by atoms with Gasteiger partial charge in [0.25, 0.3) is 5.91 Å². The largest absolute Gasteiger partial charge is 0.456 e. The molecule has 0 aromatic heterocycles. The number of ether oxygens (including phenoxy) is 1. The van der Waals surface area contributed by atoms with E-state index in [0.717, 1.165) is 0 Å². The molecule has 0 bridgehead atoms. The second-order valence-electron chi connectivity index (χ2n) is 6.24. The lowest BCUT2D eigenvalue weighted by Gasteiger charge is -2.19. The first kappa shape index (κ1) is 17.9. The first-order chi connectivity index (χ1) is 10.2. The van der Waals surface area contributed by atoms with Gasteiger partial charge in [0.15, 0.2) is 6.61 Å². The Balaban J connectivity index is 2.42. The highest BCUT2D eigenvalue weighted by atomic mass is 16.5. The molecule has 0 atom stereocenters. The summed E-state index contributed by atoms with van der Waals surface area (Å²) in [6, 6.07) is 7.54. The summed E-state index contributed by atoms with van der Waals surface area (Å²) in [5.41, 5.74) is 1.87. The quantitative estimate of drug-likeness (QED) is 0.820. The van der Waals surface area contributed by atoms with E-state index in [-0.39, 0.29) is 30.6 Å². The molecule has 0 fully saturated rings. The van der Waals surface area contributed by atoms with Gasteiger partial charge < -0.3 is 14.8 Å². The Labute approximate surface area is 131 Å². The lowest BCUT2D eigenvalue weighted by molar-refractivity contribution is -0.148. The third-order valence-corrected chi connectivity index (χ3v) is 3.08. The smallest absolute Gasteiger partial charge is 0.306 e. The van der Waals surface area contributed by atoms with Crippen molar-refractivity contribution >= 4 is 23.3 Å². The van der Waals surface area contributed by atoms with E-state index in [1.807, 2.05) is 24.3 Å². The molecule has 0 radical (unpaired) electrons. The van der Waals surface area contributed by atoms with Gasteiger partial charge in [-0.05, 0) is 30.0 Å². The summed E-state index contributed by atoms with van der Waals surface area (Å²) in [7, 11) is 0. The molecule has 5 nitrogen and oxygen atoms in total. The molecule has 1 N–H and O–H groups in total. The molecule has 0 heterocycles. The summed E-state index contributed by atoms with van der Waals surface area (Å²) in [6.07, 6.45) is 0.137. The number of ketones is 1. The molecular weight excluding hydrogens is 282 g/mol. The Bertz CT molecular complexity index is 541. The minimum Gasteiger partial charge on any atom is -0.456 e. The van der Waals surface area contributed by atoms with Crippen molar-refractivity contribution in [3.63, 3.8) is 0 Å². The molecule has 0 spiro atoms. The van der Waals surface area contributed by atoms with E-state index < -0.39 is 11.9 Å². The van der Waals surface area contributed by atoms with Gasteiger partial charge in [-0.15, -0.1) is 0 Å². The van der Waals surface area contributed by atoms with Crippen molar-refractivity contribution in [2.45, 2.75) is 46.0 Å². The molecule has 1 aromatic rings. The molecule has 5 heteroatoms. The van der Waals surface area contributed by atoms with Crippen molar-refractivity contribution in [2.75, 3.05) is 11.9 Å². The molecule has 0 aliphatic carbocycles. The lowest BCUT2D eigenvalue weighted by atomic mass is 9.87. The van der Waals surface area contributed by atoms with Crippen LogP contribution in [-0.2, 0) is 24.5 Å². The standard InChI is InChI=1S/C17H23NO4/c1-12(19)5-10-16(21)22-11-15(20)18-14-8-6-13(7-9-14)17(2,3)4/h6-9H,5,10-11H2,1-4H3,(H,18,20). The molecule has 1 amide bonds. The lowest BCUT2D eigenvalue weighted by Crippen LogP contribution is -2.21. The molecule has 1 aromatic carbocycles. The summed E-state index contributed by atoms with van der Waals surface area (Å²) in [5, 5.41) is 2.66. The number of hydrogen-bond donors (Lipinski definition) is 1. The van der Waals surface area contributed by atoms with Crippen LogP contribution in [0.1, 0.15) is 46.1 Å². The number of benzene rings is 1. The van der Waals surface area contributed by atoms with Gasteiger partial charge in [-0.2, -0.15) is 0 Å². The van der Waals surface area contributed by atoms with Crippen LogP contribution in [-0.4, -0.2) is 24.3 Å². The number of amides is 1. The van der Waals surface area contributed by atoms with E-state index in [4.69, 9.17) is 4.74 Å². The SMILES string of the molecule is CC(=O)CCC(=O)OCC(=O)Nc1ccc(C(C)(C)C)cc1. The highest BCUT2D eigenvalue weighted by Gasteiger charge is 2.13. The van der Waals surface area contributed by atoms with Crippen LogP contribution in [0.2, 0.25) is 0 Å². The van der Waals surface area contributed by atoms with E-state index in [2.05, 4.69) is 26.1 Å². The number of carbonyl (C=O) groups is 3. The fraction of sp³-hybridized carbons (Fsp3) is 0.471. The number of esters is 1. The molecular formula is C17H23NO4. The summed E-state index contributed by atoms with van der Waals surface area (Å²) in [6.45, 7) is 7.39. The maximum Gasteiger partial charge on any atom is 0.306 e. The van der Waals surface area contributed by atoms with E-state index in [1.54, 1.807) is 0 Å².